The third-order valence-electron chi connectivity index (χ3n) is 1.63. The van der Waals surface area contributed by atoms with Gasteiger partial charge in [0.05, 0.1) is 12.2 Å². The van der Waals surface area contributed by atoms with Gasteiger partial charge in [0.1, 0.15) is 5.70 Å². The highest BCUT2D eigenvalue weighted by Crippen LogP contribution is 2.11. The molecule has 0 aromatic carbocycles. The molecule has 0 spiro atoms. The Labute approximate surface area is 80.8 Å². The Morgan fingerprint density at radius 1 is 1.64 bits per heavy atom. The van der Waals surface area contributed by atoms with Crippen LogP contribution in [0.1, 0.15) is 13.8 Å². The van der Waals surface area contributed by atoms with Gasteiger partial charge in [-0.1, -0.05) is 0 Å². The number of guanidine groups is 1. The molecular weight excluding hydrogens is 186 g/mol. The Hall–Kier alpha value is -1.85. The summed E-state index contributed by atoms with van der Waals surface area (Å²) in [4.78, 5) is 26.1. The summed E-state index contributed by atoms with van der Waals surface area (Å²) in [7, 11) is 0. The highest BCUT2D eigenvalue weighted by Gasteiger charge is 2.23. The van der Waals surface area contributed by atoms with Crippen LogP contribution >= 0.6 is 0 Å². The fraction of sp³-hybridized carbons (Fsp3) is 0.375. The van der Waals surface area contributed by atoms with Gasteiger partial charge in [0.2, 0.25) is 5.96 Å². The molecule has 76 valence electrons. The van der Waals surface area contributed by atoms with Gasteiger partial charge in [0.15, 0.2) is 0 Å². The number of amides is 1. The van der Waals surface area contributed by atoms with Gasteiger partial charge >= 0.3 is 5.97 Å². The number of carbonyl (C=O) groups excluding carboxylic acids is 2. The second-order valence-electron chi connectivity index (χ2n) is 2.65. The lowest BCUT2D eigenvalue weighted by Gasteiger charge is -2.01. The molecule has 1 amide bonds. The van der Waals surface area contributed by atoms with E-state index in [4.69, 9.17) is 10.5 Å². The fourth-order valence-electron chi connectivity index (χ4n) is 0.965. The third-order valence-corrected chi connectivity index (χ3v) is 1.63. The molecule has 1 heterocycles. The van der Waals surface area contributed by atoms with E-state index < -0.39 is 11.9 Å². The molecule has 0 radical (unpaired) electrons. The smallest absolute Gasteiger partial charge is 0.336 e. The number of ether oxygens (including phenoxy) is 1. The van der Waals surface area contributed by atoms with Crippen LogP contribution in [0.25, 0.3) is 0 Å². The Morgan fingerprint density at radius 2 is 2.29 bits per heavy atom. The molecule has 0 atom stereocenters. The molecule has 1 rings (SSSR count). The SMILES string of the molecule is CCOC(=O)/C(C)=C1\N=C(N)NC1=O. The quantitative estimate of drug-likeness (QED) is 0.450. The minimum atomic E-state index is -0.559. The molecule has 0 aromatic rings. The number of carbonyl (C=O) groups is 2. The number of nitrogens with two attached hydrogens (primary N) is 1. The molecular formula is C8H11N3O3. The maximum Gasteiger partial charge on any atom is 0.336 e. The first kappa shape index (κ1) is 10.2. The second-order valence-corrected chi connectivity index (χ2v) is 2.65. The number of rotatable bonds is 2. The lowest BCUT2D eigenvalue weighted by Crippen LogP contribution is -2.30. The van der Waals surface area contributed by atoms with Crippen molar-refractivity contribution in [2.24, 2.45) is 10.7 Å². The standard InChI is InChI=1S/C8H11N3O3/c1-3-14-7(13)4(2)5-6(12)11-8(9)10-5/h3H2,1-2H3,(H3,9,10,11,12)/b5-4-. The highest BCUT2D eigenvalue weighted by molar-refractivity contribution is 6.14. The first-order valence-electron chi connectivity index (χ1n) is 4.09. The average Bonchev–Trinajstić information content (AvgIpc) is 2.44. The van der Waals surface area contributed by atoms with Crippen LogP contribution in [0.4, 0.5) is 0 Å². The van der Waals surface area contributed by atoms with E-state index in [1.807, 2.05) is 0 Å². The van der Waals surface area contributed by atoms with Gasteiger partial charge in [-0.25, -0.2) is 9.79 Å². The third kappa shape index (κ3) is 1.90. The summed E-state index contributed by atoms with van der Waals surface area (Å²) in [5.41, 5.74) is 5.43. The molecule has 0 fully saturated rings. The van der Waals surface area contributed by atoms with E-state index in [-0.39, 0.29) is 23.8 Å². The molecule has 1 aliphatic rings. The fourth-order valence-corrected chi connectivity index (χ4v) is 0.965. The predicted molar refractivity (Wildman–Crippen MR) is 49.1 cm³/mol. The van der Waals surface area contributed by atoms with E-state index in [0.29, 0.717) is 0 Å². The summed E-state index contributed by atoms with van der Waals surface area (Å²) < 4.78 is 4.71. The normalized spacial score (nSPS) is 18.7. The molecule has 1 aliphatic heterocycles. The summed E-state index contributed by atoms with van der Waals surface area (Å²) in [6.07, 6.45) is 0. The lowest BCUT2D eigenvalue weighted by molar-refractivity contribution is -0.138. The number of nitrogens with one attached hydrogen (secondary N) is 1. The van der Waals surface area contributed by atoms with Gasteiger partial charge in [0, 0.05) is 0 Å². The molecule has 0 aromatic heterocycles. The van der Waals surface area contributed by atoms with Crippen LogP contribution in [0.2, 0.25) is 0 Å². The van der Waals surface area contributed by atoms with Crippen molar-refractivity contribution in [3.63, 3.8) is 0 Å². The average molecular weight is 197 g/mol. The summed E-state index contributed by atoms with van der Waals surface area (Å²) in [6.45, 7) is 3.40. The van der Waals surface area contributed by atoms with Crippen LogP contribution < -0.4 is 11.1 Å². The van der Waals surface area contributed by atoms with E-state index in [1.165, 1.54) is 6.92 Å². The summed E-state index contributed by atoms with van der Waals surface area (Å²) in [5, 5.41) is 2.27. The van der Waals surface area contributed by atoms with Crippen molar-refractivity contribution in [1.82, 2.24) is 5.32 Å². The molecule has 14 heavy (non-hydrogen) atoms. The van der Waals surface area contributed by atoms with Crippen LogP contribution in [0.3, 0.4) is 0 Å². The maximum absolute atomic E-state index is 11.2. The van der Waals surface area contributed by atoms with Crippen LogP contribution in [-0.4, -0.2) is 24.4 Å². The zero-order valence-electron chi connectivity index (χ0n) is 7.96. The Morgan fingerprint density at radius 3 is 2.71 bits per heavy atom. The van der Waals surface area contributed by atoms with Crippen molar-refractivity contribution >= 4 is 17.8 Å². The minimum Gasteiger partial charge on any atom is -0.463 e. The zero-order chi connectivity index (χ0) is 10.7. The van der Waals surface area contributed by atoms with E-state index in [2.05, 4.69) is 10.3 Å². The van der Waals surface area contributed by atoms with Gasteiger partial charge in [-0.15, -0.1) is 0 Å². The molecule has 0 unspecified atom stereocenters. The van der Waals surface area contributed by atoms with Gasteiger partial charge < -0.3 is 10.5 Å². The van der Waals surface area contributed by atoms with Crippen molar-refractivity contribution < 1.29 is 14.3 Å². The number of nitrogens with zero attached hydrogens (tertiary/aromatic N) is 1. The monoisotopic (exact) mass is 197 g/mol. The first-order chi connectivity index (χ1) is 6.56. The van der Waals surface area contributed by atoms with E-state index in [9.17, 15) is 9.59 Å². The number of hydrogen-bond acceptors (Lipinski definition) is 5. The Kier molecular flexibility index (Phi) is 2.85. The number of esters is 1. The van der Waals surface area contributed by atoms with Gasteiger partial charge in [-0.2, -0.15) is 0 Å². The van der Waals surface area contributed by atoms with Crippen LogP contribution in [0.15, 0.2) is 16.3 Å². The highest BCUT2D eigenvalue weighted by atomic mass is 16.5. The summed E-state index contributed by atoms with van der Waals surface area (Å²) >= 11 is 0. The number of aliphatic imine (C=N–C) groups is 1. The molecule has 0 saturated carbocycles. The Balaban J connectivity index is 2.93. The number of hydrogen-bond donors (Lipinski definition) is 2. The zero-order valence-corrected chi connectivity index (χ0v) is 7.96. The molecule has 0 bridgehead atoms. The van der Waals surface area contributed by atoms with Crippen molar-refractivity contribution in [3.8, 4) is 0 Å². The van der Waals surface area contributed by atoms with Gasteiger partial charge in [-0.05, 0) is 13.8 Å². The van der Waals surface area contributed by atoms with Crippen LogP contribution in [-0.2, 0) is 14.3 Å². The second kappa shape index (κ2) is 3.91. The molecule has 3 N–H and O–H groups in total. The predicted octanol–water partition coefficient (Wildman–Crippen LogP) is -0.732. The lowest BCUT2D eigenvalue weighted by atomic mass is 10.2. The first-order valence-corrected chi connectivity index (χ1v) is 4.09. The van der Waals surface area contributed by atoms with E-state index in [0.717, 1.165) is 0 Å². The van der Waals surface area contributed by atoms with Crippen molar-refractivity contribution in [1.29, 1.82) is 0 Å². The largest absolute Gasteiger partial charge is 0.463 e. The van der Waals surface area contributed by atoms with E-state index in [1.54, 1.807) is 6.92 Å². The Bertz CT molecular complexity index is 344. The van der Waals surface area contributed by atoms with Crippen molar-refractivity contribution in [2.75, 3.05) is 6.61 Å². The van der Waals surface area contributed by atoms with E-state index >= 15 is 0 Å². The van der Waals surface area contributed by atoms with Crippen molar-refractivity contribution in [3.05, 3.63) is 11.3 Å². The topological polar surface area (TPSA) is 93.8 Å². The maximum atomic E-state index is 11.2. The van der Waals surface area contributed by atoms with Gasteiger partial charge in [-0.3, -0.25) is 10.1 Å². The molecule has 6 nitrogen and oxygen atoms in total. The van der Waals surface area contributed by atoms with Crippen LogP contribution in [0.5, 0.6) is 0 Å². The van der Waals surface area contributed by atoms with Crippen LogP contribution in [0, 0.1) is 0 Å². The molecule has 0 aliphatic carbocycles. The molecule has 6 heteroatoms. The minimum absolute atomic E-state index is 0.00588. The van der Waals surface area contributed by atoms with Crippen molar-refractivity contribution in [2.45, 2.75) is 13.8 Å². The molecule has 0 saturated heterocycles. The van der Waals surface area contributed by atoms with Gasteiger partial charge in [0.25, 0.3) is 5.91 Å². The summed E-state index contributed by atoms with van der Waals surface area (Å²) in [6, 6.07) is 0. The summed E-state index contributed by atoms with van der Waals surface area (Å²) in [5.74, 6) is -1.04.